The summed E-state index contributed by atoms with van der Waals surface area (Å²) in [5, 5.41) is 0. The van der Waals surface area contributed by atoms with Crippen LogP contribution in [0.15, 0.2) is 0 Å². The van der Waals surface area contributed by atoms with Crippen LogP contribution in [0.2, 0.25) is 0 Å². The van der Waals surface area contributed by atoms with Crippen LogP contribution in [0, 0.1) is 5.92 Å². The van der Waals surface area contributed by atoms with Crippen LogP contribution in [0.4, 0.5) is 0 Å². The summed E-state index contributed by atoms with van der Waals surface area (Å²) in [4.78, 5) is 14.1. The predicted molar refractivity (Wildman–Crippen MR) is 61.9 cm³/mol. The fraction of sp³-hybridized carbons (Fsp3) is 0.917. The number of rotatable bonds is 3. The number of carbonyl (C=O) groups excluding carboxylic acids is 1. The van der Waals surface area contributed by atoms with Crippen molar-refractivity contribution in [3.05, 3.63) is 0 Å². The van der Waals surface area contributed by atoms with E-state index in [1.54, 1.807) is 0 Å². The highest BCUT2D eigenvalue weighted by molar-refractivity contribution is 5.82. The van der Waals surface area contributed by atoms with E-state index in [1.807, 2.05) is 11.8 Å². The lowest BCUT2D eigenvalue weighted by molar-refractivity contribution is -0.142. The fourth-order valence-electron chi connectivity index (χ4n) is 2.50. The molecule has 92 valence electrons. The van der Waals surface area contributed by atoms with E-state index in [0.29, 0.717) is 0 Å². The topological polar surface area (TPSA) is 55.6 Å². The summed E-state index contributed by atoms with van der Waals surface area (Å²) in [5.74, 6) is 0.363. The predicted octanol–water partition coefficient (Wildman–Crippen LogP) is 0.750. The van der Waals surface area contributed by atoms with Crippen molar-refractivity contribution in [1.82, 2.24) is 4.90 Å². The Labute approximate surface area is 97.1 Å². The molecule has 0 saturated carbocycles. The van der Waals surface area contributed by atoms with Gasteiger partial charge in [-0.25, -0.2) is 0 Å². The first-order valence-electron chi connectivity index (χ1n) is 6.31. The molecule has 0 aromatic heterocycles. The van der Waals surface area contributed by atoms with Gasteiger partial charge in [0.15, 0.2) is 0 Å². The van der Waals surface area contributed by atoms with Gasteiger partial charge in [0, 0.05) is 13.1 Å². The maximum Gasteiger partial charge on any atom is 0.239 e. The quantitative estimate of drug-likeness (QED) is 0.772. The summed E-state index contributed by atoms with van der Waals surface area (Å²) in [6.45, 7) is 5.58. The molecule has 2 saturated heterocycles. The van der Waals surface area contributed by atoms with Crippen LogP contribution >= 0.6 is 0 Å². The van der Waals surface area contributed by atoms with Gasteiger partial charge in [-0.05, 0) is 18.8 Å². The van der Waals surface area contributed by atoms with E-state index in [9.17, 15) is 4.79 Å². The number of morpholine rings is 1. The highest BCUT2D eigenvalue weighted by Crippen LogP contribution is 2.26. The minimum Gasteiger partial charge on any atom is -0.371 e. The SMILES string of the molecule is CC[C@H](C)[C@H](N)C(=O)N1CC2CCC(C1)O2. The first kappa shape index (κ1) is 11.9. The molecular weight excluding hydrogens is 204 g/mol. The van der Waals surface area contributed by atoms with Gasteiger partial charge < -0.3 is 15.4 Å². The number of nitrogens with two attached hydrogens (primary N) is 1. The summed E-state index contributed by atoms with van der Waals surface area (Å²) in [7, 11) is 0. The van der Waals surface area contributed by atoms with E-state index in [0.717, 1.165) is 32.4 Å². The largest absolute Gasteiger partial charge is 0.371 e. The average Bonchev–Trinajstić information content (AvgIpc) is 2.65. The Hall–Kier alpha value is -0.610. The Morgan fingerprint density at radius 3 is 2.50 bits per heavy atom. The van der Waals surface area contributed by atoms with Gasteiger partial charge >= 0.3 is 0 Å². The maximum atomic E-state index is 12.2. The number of carbonyl (C=O) groups is 1. The number of nitrogens with zero attached hydrogens (tertiary/aromatic N) is 1. The van der Waals surface area contributed by atoms with E-state index >= 15 is 0 Å². The fourth-order valence-corrected chi connectivity index (χ4v) is 2.50. The molecule has 4 heteroatoms. The maximum absolute atomic E-state index is 12.2. The van der Waals surface area contributed by atoms with Gasteiger partial charge in [-0.1, -0.05) is 20.3 Å². The molecular formula is C12H22N2O2. The standard InChI is InChI=1S/C12H22N2O2/c1-3-8(2)11(13)12(15)14-6-9-4-5-10(7-14)16-9/h8-11H,3-7,13H2,1-2H3/t8-,9?,10?,11-/m0/s1. The third-order valence-electron chi connectivity index (χ3n) is 3.90. The Bertz CT molecular complexity index is 258. The molecule has 0 aromatic carbocycles. The van der Waals surface area contributed by atoms with Crippen molar-refractivity contribution in [2.75, 3.05) is 13.1 Å². The molecule has 2 aliphatic rings. The van der Waals surface area contributed by atoms with E-state index in [4.69, 9.17) is 10.5 Å². The van der Waals surface area contributed by atoms with Gasteiger partial charge in [0.1, 0.15) is 0 Å². The molecule has 1 amide bonds. The Balaban J connectivity index is 1.94. The third kappa shape index (κ3) is 2.23. The highest BCUT2D eigenvalue weighted by atomic mass is 16.5. The second-order valence-corrected chi connectivity index (χ2v) is 5.11. The van der Waals surface area contributed by atoms with Crippen LogP contribution in [0.1, 0.15) is 33.1 Å². The molecule has 0 aromatic rings. The molecule has 0 radical (unpaired) electrons. The van der Waals surface area contributed by atoms with Gasteiger partial charge in [-0.3, -0.25) is 4.79 Å². The number of amides is 1. The van der Waals surface area contributed by atoms with Gasteiger partial charge in [0.25, 0.3) is 0 Å². The molecule has 2 aliphatic heterocycles. The van der Waals surface area contributed by atoms with Crippen LogP contribution in [0.25, 0.3) is 0 Å². The number of fused-ring (bicyclic) bond motifs is 2. The highest BCUT2D eigenvalue weighted by Gasteiger charge is 2.37. The Morgan fingerprint density at radius 2 is 2.00 bits per heavy atom. The molecule has 0 aliphatic carbocycles. The zero-order valence-corrected chi connectivity index (χ0v) is 10.2. The number of hydrogen-bond donors (Lipinski definition) is 1. The summed E-state index contributed by atoms with van der Waals surface area (Å²) in [6.07, 6.45) is 3.64. The van der Waals surface area contributed by atoms with Crippen molar-refractivity contribution in [3.63, 3.8) is 0 Å². The lowest BCUT2D eigenvalue weighted by Gasteiger charge is -2.34. The van der Waals surface area contributed by atoms with Crippen molar-refractivity contribution in [1.29, 1.82) is 0 Å². The van der Waals surface area contributed by atoms with Crippen LogP contribution in [0.5, 0.6) is 0 Å². The van der Waals surface area contributed by atoms with Crippen molar-refractivity contribution < 1.29 is 9.53 Å². The second kappa shape index (κ2) is 4.72. The summed E-state index contributed by atoms with van der Waals surface area (Å²) in [5.41, 5.74) is 5.98. The van der Waals surface area contributed by atoms with E-state index in [1.165, 1.54) is 0 Å². The smallest absolute Gasteiger partial charge is 0.239 e. The van der Waals surface area contributed by atoms with Gasteiger partial charge in [-0.15, -0.1) is 0 Å². The Kier molecular flexibility index (Phi) is 3.50. The van der Waals surface area contributed by atoms with Crippen molar-refractivity contribution in [2.24, 2.45) is 11.7 Å². The molecule has 2 fully saturated rings. The number of ether oxygens (including phenoxy) is 1. The van der Waals surface area contributed by atoms with Crippen LogP contribution in [-0.4, -0.2) is 42.1 Å². The molecule has 2 bridgehead atoms. The van der Waals surface area contributed by atoms with Gasteiger partial charge in [-0.2, -0.15) is 0 Å². The first-order valence-corrected chi connectivity index (χ1v) is 6.31. The molecule has 2 rings (SSSR count). The Morgan fingerprint density at radius 1 is 1.44 bits per heavy atom. The minimum atomic E-state index is -0.345. The van der Waals surface area contributed by atoms with E-state index < -0.39 is 0 Å². The van der Waals surface area contributed by atoms with Crippen LogP contribution < -0.4 is 5.73 Å². The summed E-state index contributed by atoms with van der Waals surface area (Å²) < 4.78 is 5.71. The summed E-state index contributed by atoms with van der Waals surface area (Å²) in [6, 6.07) is -0.345. The lowest BCUT2D eigenvalue weighted by atomic mass is 9.98. The van der Waals surface area contributed by atoms with Crippen molar-refractivity contribution in [3.8, 4) is 0 Å². The van der Waals surface area contributed by atoms with Crippen molar-refractivity contribution >= 4 is 5.91 Å². The normalized spacial score (nSPS) is 32.6. The van der Waals surface area contributed by atoms with Crippen molar-refractivity contribution in [2.45, 2.75) is 51.4 Å². The molecule has 2 unspecified atom stereocenters. The van der Waals surface area contributed by atoms with Crippen LogP contribution in [0.3, 0.4) is 0 Å². The monoisotopic (exact) mass is 226 g/mol. The number of hydrogen-bond acceptors (Lipinski definition) is 3. The lowest BCUT2D eigenvalue weighted by Crippen LogP contribution is -2.53. The molecule has 16 heavy (non-hydrogen) atoms. The second-order valence-electron chi connectivity index (χ2n) is 5.11. The minimum absolute atomic E-state index is 0.106. The average molecular weight is 226 g/mol. The first-order chi connectivity index (χ1) is 7.61. The molecule has 4 nitrogen and oxygen atoms in total. The summed E-state index contributed by atoms with van der Waals surface area (Å²) >= 11 is 0. The van der Waals surface area contributed by atoms with Gasteiger partial charge in [0.05, 0.1) is 18.2 Å². The van der Waals surface area contributed by atoms with Crippen LogP contribution in [-0.2, 0) is 9.53 Å². The zero-order valence-electron chi connectivity index (χ0n) is 10.2. The molecule has 4 atom stereocenters. The molecule has 2 heterocycles. The molecule has 0 spiro atoms. The van der Waals surface area contributed by atoms with Gasteiger partial charge in [0.2, 0.25) is 5.91 Å². The van der Waals surface area contributed by atoms with E-state index in [-0.39, 0.29) is 30.1 Å². The molecule has 2 N–H and O–H groups in total. The number of likely N-dealkylation sites (tertiary alicyclic amines) is 1. The third-order valence-corrected chi connectivity index (χ3v) is 3.90. The zero-order chi connectivity index (χ0) is 11.7. The van der Waals surface area contributed by atoms with E-state index in [2.05, 4.69) is 6.92 Å².